The first-order chi connectivity index (χ1) is 13.0. The van der Waals surface area contributed by atoms with Crippen LogP contribution < -0.4 is 4.90 Å². The van der Waals surface area contributed by atoms with Crippen molar-refractivity contribution in [1.29, 1.82) is 0 Å². The number of hydrogen-bond acceptors (Lipinski definition) is 7. The van der Waals surface area contributed by atoms with Crippen molar-refractivity contribution in [2.45, 2.75) is 26.8 Å². The van der Waals surface area contributed by atoms with E-state index in [0.29, 0.717) is 35.9 Å². The van der Waals surface area contributed by atoms with Gasteiger partial charge < -0.3 is 14.3 Å². The average molecular weight is 369 g/mol. The Morgan fingerprint density at radius 2 is 1.96 bits per heavy atom. The molecule has 0 fully saturated rings. The van der Waals surface area contributed by atoms with Crippen molar-refractivity contribution in [3.05, 3.63) is 41.3 Å². The van der Waals surface area contributed by atoms with Gasteiger partial charge in [-0.25, -0.2) is 0 Å². The Balaban J connectivity index is 1.73. The minimum atomic E-state index is -0.0350. The standard InChI is InChI=1S/C18H23N7O2/c1-5-25(11-13-6-8-14(9-7-13)24(3)4)16(26)10-15-17(12(2)27-21-15)18-19-22-23-20-18/h6-9H,5,10-11H2,1-4H3,(H,19,20,22,23). The van der Waals surface area contributed by atoms with Crippen LogP contribution in [-0.4, -0.2) is 57.2 Å². The topological polar surface area (TPSA) is 104 Å². The van der Waals surface area contributed by atoms with Crippen LogP contribution in [0.25, 0.3) is 11.4 Å². The Morgan fingerprint density at radius 1 is 1.22 bits per heavy atom. The van der Waals surface area contributed by atoms with Gasteiger partial charge in [0.25, 0.3) is 0 Å². The lowest BCUT2D eigenvalue weighted by Crippen LogP contribution is -2.31. The Labute approximate surface area is 157 Å². The van der Waals surface area contributed by atoms with Gasteiger partial charge in [0.05, 0.1) is 12.0 Å². The van der Waals surface area contributed by atoms with Gasteiger partial charge in [-0.2, -0.15) is 5.21 Å². The molecule has 2 aromatic heterocycles. The fourth-order valence-electron chi connectivity index (χ4n) is 2.84. The molecule has 142 valence electrons. The molecule has 3 aromatic rings. The number of aryl methyl sites for hydroxylation is 1. The third-order valence-corrected chi connectivity index (χ3v) is 4.38. The number of rotatable bonds is 7. The molecule has 0 bridgehead atoms. The zero-order chi connectivity index (χ0) is 19.4. The average Bonchev–Trinajstić information content (AvgIpc) is 3.29. The number of benzene rings is 1. The summed E-state index contributed by atoms with van der Waals surface area (Å²) in [5.74, 6) is 0.896. The molecule has 1 amide bonds. The lowest BCUT2D eigenvalue weighted by Gasteiger charge is -2.21. The Bertz CT molecular complexity index is 885. The highest BCUT2D eigenvalue weighted by molar-refractivity contribution is 5.80. The largest absolute Gasteiger partial charge is 0.378 e. The third kappa shape index (κ3) is 4.13. The SMILES string of the molecule is CCN(Cc1ccc(N(C)C)cc1)C(=O)Cc1noc(C)c1-c1nn[nH]n1. The van der Waals surface area contributed by atoms with Gasteiger partial charge in [0.1, 0.15) is 11.5 Å². The van der Waals surface area contributed by atoms with Crippen LogP contribution >= 0.6 is 0 Å². The molecule has 1 N–H and O–H groups in total. The summed E-state index contributed by atoms with van der Waals surface area (Å²) >= 11 is 0. The number of nitrogens with zero attached hydrogens (tertiary/aromatic N) is 6. The van der Waals surface area contributed by atoms with Crippen LogP contribution in [0.4, 0.5) is 5.69 Å². The first kappa shape index (κ1) is 18.6. The molecule has 1 aromatic carbocycles. The second kappa shape index (κ2) is 7.98. The number of hydrogen-bond donors (Lipinski definition) is 1. The zero-order valence-electron chi connectivity index (χ0n) is 15.9. The van der Waals surface area contributed by atoms with Crippen LogP contribution in [-0.2, 0) is 17.8 Å². The molecule has 3 rings (SSSR count). The van der Waals surface area contributed by atoms with Crippen LogP contribution in [0, 0.1) is 6.92 Å². The van der Waals surface area contributed by atoms with E-state index in [1.165, 1.54) is 0 Å². The summed E-state index contributed by atoms with van der Waals surface area (Å²) < 4.78 is 5.24. The fraction of sp³-hybridized carbons (Fsp3) is 0.389. The smallest absolute Gasteiger partial charge is 0.229 e. The van der Waals surface area contributed by atoms with Gasteiger partial charge >= 0.3 is 0 Å². The lowest BCUT2D eigenvalue weighted by atomic mass is 10.1. The molecule has 0 aliphatic heterocycles. The second-order valence-corrected chi connectivity index (χ2v) is 6.44. The maximum absolute atomic E-state index is 12.8. The number of anilines is 1. The number of carbonyl (C=O) groups is 1. The van der Waals surface area contributed by atoms with Crippen LogP contribution in [0.5, 0.6) is 0 Å². The molecule has 2 heterocycles. The van der Waals surface area contributed by atoms with Gasteiger partial charge in [0.2, 0.25) is 11.7 Å². The van der Waals surface area contributed by atoms with E-state index in [9.17, 15) is 4.79 Å². The number of amides is 1. The molecule has 27 heavy (non-hydrogen) atoms. The van der Waals surface area contributed by atoms with Crippen molar-refractivity contribution in [1.82, 2.24) is 30.7 Å². The summed E-state index contributed by atoms with van der Waals surface area (Å²) in [7, 11) is 4.00. The second-order valence-electron chi connectivity index (χ2n) is 6.44. The van der Waals surface area contributed by atoms with E-state index in [1.54, 1.807) is 11.8 Å². The van der Waals surface area contributed by atoms with E-state index in [1.807, 2.05) is 50.2 Å². The minimum Gasteiger partial charge on any atom is -0.378 e. The summed E-state index contributed by atoms with van der Waals surface area (Å²) in [6.07, 6.45) is 0.116. The summed E-state index contributed by atoms with van der Waals surface area (Å²) in [4.78, 5) is 16.7. The van der Waals surface area contributed by atoms with E-state index in [0.717, 1.165) is 11.3 Å². The fourth-order valence-corrected chi connectivity index (χ4v) is 2.84. The van der Waals surface area contributed by atoms with Crippen molar-refractivity contribution in [2.24, 2.45) is 0 Å². The number of aromatic amines is 1. The predicted molar refractivity (Wildman–Crippen MR) is 100.0 cm³/mol. The molecule has 0 saturated heterocycles. The third-order valence-electron chi connectivity index (χ3n) is 4.38. The highest BCUT2D eigenvalue weighted by Crippen LogP contribution is 2.24. The molecule has 0 unspecified atom stereocenters. The van der Waals surface area contributed by atoms with Crippen molar-refractivity contribution < 1.29 is 9.32 Å². The molecular formula is C18H23N7O2. The lowest BCUT2D eigenvalue weighted by molar-refractivity contribution is -0.130. The summed E-state index contributed by atoms with van der Waals surface area (Å²) in [5, 5.41) is 17.9. The molecule has 9 heteroatoms. The highest BCUT2D eigenvalue weighted by atomic mass is 16.5. The summed E-state index contributed by atoms with van der Waals surface area (Å²) in [5.41, 5.74) is 3.32. The van der Waals surface area contributed by atoms with Gasteiger partial charge in [0, 0.05) is 32.9 Å². The van der Waals surface area contributed by atoms with Gasteiger partial charge in [0.15, 0.2) is 0 Å². The van der Waals surface area contributed by atoms with Crippen molar-refractivity contribution in [2.75, 3.05) is 25.5 Å². The van der Waals surface area contributed by atoms with E-state index in [-0.39, 0.29) is 12.3 Å². The zero-order valence-corrected chi connectivity index (χ0v) is 15.9. The van der Waals surface area contributed by atoms with Gasteiger partial charge in [-0.1, -0.05) is 17.3 Å². The maximum Gasteiger partial charge on any atom is 0.229 e. The molecule has 0 atom stereocenters. The van der Waals surface area contributed by atoms with Crippen LogP contribution in [0.1, 0.15) is 23.9 Å². The summed E-state index contributed by atoms with van der Waals surface area (Å²) in [6, 6.07) is 8.17. The molecule has 0 aliphatic carbocycles. The summed E-state index contributed by atoms with van der Waals surface area (Å²) in [6.45, 7) is 4.86. The molecule has 0 radical (unpaired) electrons. The minimum absolute atomic E-state index is 0.0350. The van der Waals surface area contributed by atoms with Crippen LogP contribution in [0.3, 0.4) is 0 Å². The molecule has 0 saturated carbocycles. The Hall–Kier alpha value is -3.23. The molecular weight excluding hydrogens is 346 g/mol. The van der Waals surface area contributed by atoms with Gasteiger partial charge in [-0.3, -0.25) is 4.79 Å². The molecule has 0 aliphatic rings. The first-order valence-electron chi connectivity index (χ1n) is 8.72. The predicted octanol–water partition coefficient (Wildman–Crippen LogP) is 1.82. The normalized spacial score (nSPS) is 10.8. The van der Waals surface area contributed by atoms with Gasteiger partial charge in [-0.05, 0) is 36.8 Å². The van der Waals surface area contributed by atoms with Crippen molar-refractivity contribution >= 4 is 11.6 Å². The van der Waals surface area contributed by atoms with E-state index in [2.05, 4.69) is 25.8 Å². The maximum atomic E-state index is 12.8. The van der Waals surface area contributed by atoms with Gasteiger partial charge in [-0.15, -0.1) is 10.2 Å². The van der Waals surface area contributed by atoms with Crippen molar-refractivity contribution in [3.63, 3.8) is 0 Å². The number of carbonyl (C=O) groups excluding carboxylic acids is 1. The molecule has 0 spiro atoms. The van der Waals surface area contributed by atoms with Crippen molar-refractivity contribution in [3.8, 4) is 11.4 Å². The first-order valence-corrected chi connectivity index (χ1v) is 8.72. The highest BCUT2D eigenvalue weighted by Gasteiger charge is 2.23. The van der Waals surface area contributed by atoms with E-state index in [4.69, 9.17) is 4.52 Å². The number of tetrazole rings is 1. The quantitative estimate of drug-likeness (QED) is 0.677. The number of nitrogens with one attached hydrogen (secondary N) is 1. The Morgan fingerprint density at radius 3 is 2.56 bits per heavy atom. The monoisotopic (exact) mass is 369 g/mol. The number of H-pyrrole nitrogens is 1. The Kier molecular flexibility index (Phi) is 5.49. The van der Waals surface area contributed by atoms with Crippen LogP contribution in [0.15, 0.2) is 28.8 Å². The molecule has 9 nitrogen and oxygen atoms in total. The number of likely N-dealkylation sites (N-methyl/N-ethyl adjacent to an activating group) is 1. The number of aromatic nitrogens is 5. The van der Waals surface area contributed by atoms with Crippen LogP contribution in [0.2, 0.25) is 0 Å². The van der Waals surface area contributed by atoms with E-state index >= 15 is 0 Å². The van der Waals surface area contributed by atoms with E-state index < -0.39 is 0 Å².